The lowest BCUT2D eigenvalue weighted by atomic mass is 10.1. The second-order valence-corrected chi connectivity index (χ2v) is 3.98. The van der Waals surface area contributed by atoms with Crippen molar-refractivity contribution in [2.75, 3.05) is 6.54 Å². The molecular formula is C12H19N3O. The number of nitrogens with zero attached hydrogens (tertiary/aromatic N) is 1. The molecule has 0 aliphatic heterocycles. The van der Waals surface area contributed by atoms with Crippen molar-refractivity contribution in [3.8, 4) is 0 Å². The Labute approximate surface area is 96.3 Å². The average molecular weight is 221 g/mol. The Morgan fingerprint density at radius 2 is 2.31 bits per heavy atom. The van der Waals surface area contributed by atoms with Crippen molar-refractivity contribution in [3.63, 3.8) is 0 Å². The van der Waals surface area contributed by atoms with Gasteiger partial charge in [0, 0.05) is 19.3 Å². The van der Waals surface area contributed by atoms with Gasteiger partial charge in [-0.2, -0.15) is 0 Å². The molecule has 1 amide bonds. The molecule has 3 N–H and O–H groups in total. The minimum absolute atomic E-state index is 0.121. The summed E-state index contributed by atoms with van der Waals surface area (Å²) in [7, 11) is 0. The first-order valence-electron chi connectivity index (χ1n) is 5.60. The second kappa shape index (κ2) is 6.23. The van der Waals surface area contributed by atoms with Crippen molar-refractivity contribution in [1.82, 2.24) is 10.3 Å². The fourth-order valence-corrected chi connectivity index (χ4v) is 1.18. The lowest BCUT2D eigenvalue weighted by Gasteiger charge is -2.09. The van der Waals surface area contributed by atoms with Crippen LogP contribution in [0.4, 0.5) is 0 Å². The molecule has 88 valence electrons. The highest BCUT2D eigenvalue weighted by atomic mass is 16.1. The number of hydrogen-bond acceptors (Lipinski definition) is 3. The fraction of sp³-hybridized carbons (Fsp3) is 0.500. The normalized spacial score (nSPS) is 12.2. The zero-order valence-corrected chi connectivity index (χ0v) is 9.86. The number of carbonyl (C=O) groups is 1. The van der Waals surface area contributed by atoms with E-state index in [9.17, 15) is 4.79 Å². The maximum Gasteiger partial charge on any atom is 0.269 e. The van der Waals surface area contributed by atoms with Crippen LogP contribution >= 0.6 is 0 Å². The van der Waals surface area contributed by atoms with Crippen molar-refractivity contribution in [2.24, 2.45) is 11.7 Å². The van der Waals surface area contributed by atoms with Crippen LogP contribution < -0.4 is 11.1 Å². The van der Waals surface area contributed by atoms with Gasteiger partial charge in [-0.3, -0.25) is 9.78 Å². The zero-order chi connectivity index (χ0) is 12.0. The molecule has 1 rings (SSSR count). The van der Waals surface area contributed by atoms with Crippen LogP contribution in [-0.2, 0) is 6.54 Å². The van der Waals surface area contributed by atoms with E-state index < -0.39 is 0 Å². The molecule has 4 heteroatoms. The highest BCUT2D eigenvalue weighted by Crippen LogP contribution is 2.01. The summed E-state index contributed by atoms with van der Waals surface area (Å²) in [5.74, 6) is 0.371. The number of pyridine rings is 1. The molecule has 0 saturated heterocycles. The van der Waals surface area contributed by atoms with Gasteiger partial charge >= 0.3 is 0 Å². The van der Waals surface area contributed by atoms with Gasteiger partial charge in [-0.25, -0.2) is 0 Å². The molecular weight excluding hydrogens is 202 g/mol. The topological polar surface area (TPSA) is 68.0 Å². The van der Waals surface area contributed by atoms with E-state index in [2.05, 4.69) is 24.1 Å². The minimum Gasteiger partial charge on any atom is -0.350 e. The van der Waals surface area contributed by atoms with Crippen LogP contribution in [0, 0.1) is 5.92 Å². The van der Waals surface area contributed by atoms with Crippen molar-refractivity contribution >= 4 is 5.91 Å². The summed E-state index contributed by atoms with van der Waals surface area (Å²) in [6.07, 6.45) is 2.69. The van der Waals surface area contributed by atoms with Crippen LogP contribution in [0.1, 0.15) is 36.3 Å². The quantitative estimate of drug-likeness (QED) is 0.788. The molecule has 0 spiro atoms. The van der Waals surface area contributed by atoms with Gasteiger partial charge in [0.1, 0.15) is 5.69 Å². The zero-order valence-electron chi connectivity index (χ0n) is 9.86. The van der Waals surface area contributed by atoms with E-state index in [1.165, 1.54) is 0 Å². The Morgan fingerprint density at radius 3 is 2.81 bits per heavy atom. The third-order valence-corrected chi connectivity index (χ3v) is 2.60. The number of aromatic nitrogens is 1. The Hall–Kier alpha value is -1.42. The van der Waals surface area contributed by atoms with Gasteiger partial charge in [-0.05, 0) is 17.5 Å². The summed E-state index contributed by atoms with van der Waals surface area (Å²) in [6, 6.07) is 3.53. The average Bonchev–Trinajstić information content (AvgIpc) is 2.35. The van der Waals surface area contributed by atoms with Crippen LogP contribution in [0.2, 0.25) is 0 Å². The molecule has 0 aliphatic carbocycles. The van der Waals surface area contributed by atoms with E-state index in [-0.39, 0.29) is 5.91 Å². The van der Waals surface area contributed by atoms with E-state index in [4.69, 9.17) is 5.73 Å². The summed E-state index contributed by atoms with van der Waals surface area (Å²) in [5, 5.41) is 2.85. The molecule has 0 fully saturated rings. The van der Waals surface area contributed by atoms with Crippen molar-refractivity contribution in [3.05, 3.63) is 29.6 Å². The molecule has 0 bridgehead atoms. The first-order chi connectivity index (χ1) is 7.67. The van der Waals surface area contributed by atoms with Crippen LogP contribution in [0.3, 0.4) is 0 Å². The Morgan fingerprint density at radius 1 is 1.56 bits per heavy atom. The van der Waals surface area contributed by atoms with Crippen molar-refractivity contribution in [2.45, 2.75) is 26.8 Å². The molecule has 4 nitrogen and oxygen atoms in total. The molecule has 1 unspecified atom stereocenters. The van der Waals surface area contributed by atoms with E-state index in [0.29, 0.717) is 24.7 Å². The maximum absolute atomic E-state index is 11.7. The van der Waals surface area contributed by atoms with Gasteiger partial charge < -0.3 is 11.1 Å². The summed E-state index contributed by atoms with van der Waals surface area (Å²) >= 11 is 0. The van der Waals surface area contributed by atoms with Crippen LogP contribution in [0.25, 0.3) is 0 Å². The molecule has 0 radical (unpaired) electrons. The smallest absolute Gasteiger partial charge is 0.269 e. The molecule has 16 heavy (non-hydrogen) atoms. The Bertz CT molecular complexity index is 335. The number of carbonyl (C=O) groups excluding carboxylic acids is 1. The van der Waals surface area contributed by atoms with E-state index in [0.717, 1.165) is 12.0 Å². The van der Waals surface area contributed by atoms with Gasteiger partial charge in [0.15, 0.2) is 0 Å². The third kappa shape index (κ3) is 3.62. The second-order valence-electron chi connectivity index (χ2n) is 3.98. The SMILES string of the molecule is CCC(C)CNC(=O)c1ccc(CN)cn1. The number of nitrogens with two attached hydrogens (primary N) is 1. The first-order valence-corrected chi connectivity index (χ1v) is 5.60. The molecule has 1 atom stereocenters. The molecule has 0 aromatic carbocycles. The van der Waals surface area contributed by atoms with Gasteiger partial charge in [0.25, 0.3) is 5.91 Å². The number of nitrogens with one attached hydrogen (secondary N) is 1. The molecule has 1 aromatic heterocycles. The Kier molecular flexibility index (Phi) is 4.92. The van der Waals surface area contributed by atoms with Crippen LogP contribution in [0.5, 0.6) is 0 Å². The number of amides is 1. The van der Waals surface area contributed by atoms with E-state index in [1.807, 2.05) is 6.07 Å². The summed E-state index contributed by atoms with van der Waals surface area (Å²) in [6.45, 7) is 5.34. The van der Waals surface area contributed by atoms with Crippen molar-refractivity contribution in [1.29, 1.82) is 0 Å². The minimum atomic E-state index is -0.121. The predicted octanol–water partition coefficient (Wildman–Crippen LogP) is 1.32. The van der Waals surface area contributed by atoms with Gasteiger partial charge in [0.2, 0.25) is 0 Å². The molecule has 1 aromatic rings. The summed E-state index contributed by atoms with van der Waals surface area (Å²) in [5.41, 5.74) is 6.83. The standard InChI is InChI=1S/C12H19N3O/c1-3-9(2)7-15-12(16)11-5-4-10(6-13)8-14-11/h4-5,8-9H,3,6-7,13H2,1-2H3,(H,15,16). The largest absolute Gasteiger partial charge is 0.350 e. The monoisotopic (exact) mass is 221 g/mol. The molecule has 0 aliphatic rings. The van der Waals surface area contributed by atoms with E-state index in [1.54, 1.807) is 12.3 Å². The summed E-state index contributed by atoms with van der Waals surface area (Å²) < 4.78 is 0. The van der Waals surface area contributed by atoms with Crippen molar-refractivity contribution < 1.29 is 4.79 Å². The van der Waals surface area contributed by atoms with Gasteiger partial charge in [0.05, 0.1) is 0 Å². The number of hydrogen-bond donors (Lipinski definition) is 2. The lowest BCUT2D eigenvalue weighted by Crippen LogP contribution is -2.28. The summed E-state index contributed by atoms with van der Waals surface area (Å²) in [4.78, 5) is 15.7. The molecule has 1 heterocycles. The molecule has 0 saturated carbocycles. The third-order valence-electron chi connectivity index (χ3n) is 2.60. The van der Waals surface area contributed by atoms with Crippen LogP contribution in [-0.4, -0.2) is 17.4 Å². The predicted molar refractivity (Wildman–Crippen MR) is 63.9 cm³/mol. The van der Waals surface area contributed by atoms with Gasteiger partial charge in [-0.15, -0.1) is 0 Å². The highest BCUT2D eigenvalue weighted by Gasteiger charge is 2.07. The maximum atomic E-state index is 11.7. The van der Waals surface area contributed by atoms with Gasteiger partial charge in [-0.1, -0.05) is 26.3 Å². The Balaban J connectivity index is 2.52. The van der Waals surface area contributed by atoms with E-state index >= 15 is 0 Å². The van der Waals surface area contributed by atoms with Crippen LogP contribution in [0.15, 0.2) is 18.3 Å². The first kappa shape index (κ1) is 12.6. The number of rotatable bonds is 5. The highest BCUT2D eigenvalue weighted by molar-refractivity contribution is 5.92. The fourth-order valence-electron chi connectivity index (χ4n) is 1.18. The lowest BCUT2D eigenvalue weighted by molar-refractivity contribution is 0.0943.